The lowest BCUT2D eigenvalue weighted by Crippen LogP contribution is -1.93. The van der Waals surface area contributed by atoms with Crippen LogP contribution < -0.4 is 0 Å². The minimum absolute atomic E-state index is 0.730. The topological polar surface area (TPSA) is 30.7 Å². The molecule has 11 aromatic rings. The third-order valence-corrected chi connectivity index (χ3v) is 12.0. The second kappa shape index (κ2) is 13.3. The van der Waals surface area contributed by atoms with Crippen molar-refractivity contribution in [1.29, 1.82) is 0 Å². The Balaban J connectivity index is 1.11. The average molecular weight is 732 g/mol. The van der Waals surface area contributed by atoms with E-state index in [2.05, 4.69) is 199 Å². The average Bonchev–Trinajstić information content (AvgIpc) is 3.83. The van der Waals surface area contributed by atoms with E-state index in [4.69, 9.17) is 9.97 Å². The molecule has 0 bridgehead atoms. The molecule has 0 aliphatic heterocycles. The minimum Gasteiger partial charge on any atom is -0.309 e. The summed E-state index contributed by atoms with van der Waals surface area (Å²) in [5.41, 5.74) is 14.7. The van der Waals surface area contributed by atoms with Gasteiger partial charge in [0.15, 0.2) is 5.82 Å². The lowest BCUT2D eigenvalue weighted by Gasteiger charge is -2.10. The predicted molar refractivity (Wildman–Crippen MR) is 236 cm³/mol. The first-order valence-electron chi connectivity index (χ1n) is 18.9. The van der Waals surface area contributed by atoms with Crippen molar-refractivity contribution in [2.45, 2.75) is 0 Å². The number of hydrogen-bond donors (Lipinski definition) is 0. The summed E-state index contributed by atoms with van der Waals surface area (Å²) in [5, 5.41) is 3.65. The summed E-state index contributed by atoms with van der Waals surface area (Å²) in [6.07, 6.45) is 0. The zero-order chi connectivity index (χ0) is 37.0. The number of rotatable bonds is 6. The molecule has 0 spiro atoms. The van der Waals surface area contributed by atoms with Crippen LogP contribution in [0.25, 0.3) is 104 Å². The van der Waals surface area contributed by atoms with Crippen LogP contribution in [0.1, 0.15) is 0 Å². The number of benzene rings is 8. The van der Waals surface area contributed by atoms with Gasteiger partial charge in [0, 0.05) is 37.7 Å². The maximum absolute atomic E-state index is 5.30. The molecule has 3 nitrogen and oxygen atoms in total. The Morgan fingerprint density at radius 2 is 0.929 bits per heavy atom. The maximum atomic E-state index is 5.30. The highest BCUT2D eigenvalue weighted by Crippen LogP contribution is 2.45. The van der Waals surface area contributed by atoms with Gasteiger partial charge in [-0.15, -0.1) is 11.3 Å². The molecule has 56 heavy (non-hydrogen) atoms. The van der Waals surface area contributed by atoms with Crippen molar-refractivity contribution in [3.05, 3.63) is 200 Å². The molecule has 3 aromatic heterocycles. The Bertz CT molecular complexity index is 3240. The number of para-hydroxylation sites is 2. The van der Waals surface area contributed by atoms with E-state index in [0.29, 0.717) is 0 Å². The standard InChI is InChI=1S/C52H33N3S/c1-4-16-34(17-5-1)36-20-12-23-39(32-36)48-51-49(54-52(53-48)35-18-6-2-7-19-35)44-29-14-28-42(50(44)56-51)38-22-13-21-37(33-38)41-27-15-31-46-47(41)43-26-10-11-30-45(43)55(46)40-24-8-3-9-25-40/h1-33H. The molecule has 3 heterocycles. The molecule has 0 atom stereocenters. The lowest BCUT2D eigenvalue weighted by molar-refractivity contribution is 1.18. The zero-order valence-electron chi connectivity index (χ0n) is 30.3. The molecule has 4 heteroatoms. The number of thiophene rings is 1. The third-order valence-electron chi connectivity index (χ3n) is 10.8. The largest absolute Gasteiger partial charge is 0.309 e. The summed E-state index contributed by atoms with van der Waals surface area (Å²) >= 11 is 1.79. The van der Waals surface area contributed by atoms with Gasteiger partial charge in [-0.2, -0.15) is 0 Å². The van der Waals surface area contributed by atoms with Gasteiger partial charge in [-0.05, 0) is 69.8 Å². The highest BCUT2D eigenvalue weighted by atomic mass is 32.1. The molecule has 262 valence electrons. The van der Waals surface area contributed by atoms with Crippen LogP contribution in [0.5, 0.6) is 0 Å². The van der Waals surface area contributed by atoms with Crippen LogP contribution in [0.2, 0.25) is 0 Å². The molecule has 0 amide bonds. The summed E-state index contributed by atoms with van der Waals surface area (Å²) < 4.78 is 4.68. The summed E-state index contributed by atoms with van der Waals surface area (Å²) in [4.78, 5) is 10.6. The van der Waals surface area contributed by atoms with Gasteiger partial charge < -0.3 is 4.57 Å². The Morgan fingerprint density at radius 3 is 1.73 bits per heavy atom. The number of hydrogen-bond acceptors (Lipinski definition) is 3. The van der Waals surface area contributed by atoms with Crippen molar-refractivity contribution in [3.63, 3.8) is 0 Å². The van der Waals surface area contributed by atoms with E-state index < -0.39 is 0 Å². The van der Waals surface area contributed by atoms with Gasteiger partial charge >= 0.3 is 0 Å². The van der Waals surface area contributed by atoms with Gasteiger partial charge in [0.2, 0.25) is 0 Å². The molecule has 0 unspecified atom stereocenters. The van der Waals surface area contributed by atoms with Gasteiger partial charge in [-0.3, -0.25) is 0 Å². The number of aromatic nitrogens is 3. The minimum atomic E-state index is 0.730. The van der Waals surface area contributed by atoms with Gasteiger partial charge in [0.25, 0.3) is 0 Å². The Hall–Kier alpha value is -7.14. The van der Waals surface area contributed by atoms with Crippen molar-refractivity contribution < 1.29 is 0 Å². The maximum Gasteiger partial charge on any atom is 0.160 e. The summed E-state index contributed by atoms with van der Waals surface area (Å²) in [7, 11) is 0. The van der Waals surface area contributed by atoms with Crippen molar-refractivity contribution in [2.24, 2.45) is 0 Å². The molecule has 0 saturated carbocycles. The fourth-order valence-corrected chi connectivity index (χ4v) is 9.54. The SMILES string of the molecule is c1ccc(-c2cccc(-c3nc(-c4ccccc4)nc4c3sc3c(-c5cccc(-c6cccc7c6c6ccccc6n7-c6ccccc6)c5)cccc34)c2)cc1. The zero-order valence-corrected chi connectivity index (χ0v) is 31.1. The molecule has 0 N–H and O–H groups in total. The smallest absolute Gasteiger partial charge is 0.160 e. The summed E-state index contributed by atoms with van der Waals surface area (Å²) in [5.74, 6) is 0.730. The molecular formula is C52H33N3S. The molecule has 0 aliphatic rings. The van der Waals surface area contributed by atoms with E-state index in [-0.39, 0.29) is 0 Å². The molecule has 11 rings (SSSR count). The van der Waals surface area contributed by atoms with Crippen molar-refractivity contribution in [2.75, 3.05) is 0 Å². The molecule has 0 aliphatic carbocycles. The van der Waals surface area contributed by atoms with E-state index in [0.717, 1.165) is 49.5 Å². The Labute approximate surface area is 328 Å². The normalized spacial score (nSPS) is 11.6. The van der Waals surface area contributed by atoms with Crippen LogP contribution in [0, 0.1) is 0 Å². The monoisotopic (exact) mass is 731 g/mol. The Kier molecular flexibility index (Phi) is 7.68. The van der Waals surface area contributed by atoms with Crippen LogP contribution in [0.15, 0.2) is 200 Å². The molecule has 0 saturated heterocycles. The van der Waals surface area contributed by atoms with E-state index in [9.17, 15) is 0 Å². The Morgan fingerprint density at radius 1 is 0.375 bits per heavy atom. The van der Waals surface area contributed by atoms with E-state index in [1.165, 1.54) is 54.3 Å². The van der Waals surface area contributed by atoms with E-state index in [1.54, 1.807) is 11.3 Å². The predicted octanol–water partition coefficient (Wildman–Crippen LogP) is 14.3. The van der Waals surface area contributed by atoms with Gasteiger partial charge in [0.1, 0.15) is 0 Å². The van der Waals surface area contributed by atoms with Gasteiger partial charge in [0.05, 0.1) is 26.9 Å². The first-order valence-corrected chi connectivity index (χ1v) is 19.7. The second-order valence-electron chi connectivity index (χ2n) is 14.1. The molecular weight excluding hydrogens is 699 g/mol. The molecule has 8 aromatic carbocycles. The van der Waals surface area contributed by atoms with Crippen molar-refractivity contribution >= 4 is 53.4 Å². The quantitative estimate of drug-likeness (QED) is 0.170. The third kappa shape index (κ3) is 5.34. The fraction of sp³-hybridized carbons (Fsp3) is 0. The first-order chi connectivity index (χ1) is 27.8. The van der Waals surface area contributed by atoms with Crippen molar-refractivity contribution in [3.8, 4) is 61.7 Å². The second-order valence-corrected chi connectivity index (χ2v) is 15.2. The summed E-state index contributed by atoms with van der Waals surface area (Å²) in [6, 6.07) is 71.4. The van der Waals surface area contributed by atoms with E-state index >= 15 is 0 Å². The van der Waals surface area contributed by atoms with Gasteiger partial charge in [-0.25, -0.2) is 9.97 Å². The fourth-order valence-electron chi connectivity index (χ4n) is 8.25. The van der Waals surface area contributed by atoms with Crippen LogP contribution in [0.4, 0.5) is 0 Å². The molecule has 0 fully saturated rings. The highest BCUT2D eigenvalue weighted by Gasteiger charge is 2.20. The number of fused-ring (bicyclic) bond motifs is 6. The molecule has 0 radical (unpaired) electrons. The van der Waals surface area contributed by atoms with Crippen LogP contribution in [0.3, 0.4) is 0 Å². The highest BCUT2D eigenvalue weighted by molar-refractivity contribution is 7.26. The van der Waals surface area contributed by atoms with Crippen LogP contribution >= 0.6 is 11.3 Å². The lowest BCUT2D eigenvalue weighted by atomic mass is 9.95. The summed E-state index contributed by atoms with van der Waals surface area (Å²) in [6.45, 7) is 0. The van der Waals surface area contributed by atoms with Crippen LogP contribution in [-0.2, 0) is 0 Å². The first kappa shape index (κ1) is 32.3. The van der Waals surface area contributed by atoms with Crippen LogP contribution in [-0.4, -0.2) is 14.5 Å². The van der Waals surface area contributed by atoms with Crippen molar-refractivity contribution in [1.82, 2.24) is 14.5 Å². The van der Waals surface area contributed by atoms with Gasteiger partial charge in [-0.1, -0.05) is 164 Å². The van der Waals surface area contributed by atoms with E-state index in [1.807, 2.05) is 6.07 Å². The number of nitrogens with zero attached hydrogens (tertiary/aromatic N) is 3.